The van der Waals surface area contributed by atoms with Crippen molar-refractivity contribution in [3.63, 3.8) is 0 Å². The summed E-state index contributed by atoms with van der Waals surface area (Å²) in [7, 11) is 6.42. The molecule has 0 radical (unpaired) electrons. The Morgan fingerprint density at radius 1 is 1.15 bits per heavy atom. The molecule has 12 heteroatoms. The van der Waals surface area contributed by atoms with E-state index < -0.39 is 13.5 Å². The van der Waals surface area contributed by atoms with E-state index in [1.807, 2.05) is 43.3 Å². The lowest BCUT2D eigenvalue weighted by Crippen LogP contribution is -2.34. The number of methoxy groups -OCH3 is 2. The lowest BCUT2D eigenvalue weighted by molar-refractivity contribution is -0.111. The van der Waals surface area contributed by atoms with Gasteiger partial charge in [0.1, 0.15) is 36.8 Å². The molecule has 1 unspecified atom stereocenters. The van der Waals surface area contributed by atoms with Gasteiger partial charge >= 0.3 is 0 Å². The number of aromatic nitrogens is 2. The van der Waals surface area contributed by atoms with Crippen LogP contribution in [0.5, 0.6) is 11.5 Å². The van der Waals surface area contributed by atoms with Crippen molar-refractivity contribution < 1.29 is 19.0 Å². The first-order chi connectivity index (χ1) is 19.1. The Bertz CT molecular complexity index is 1370. The fourth-order valence-electron chi connectivity index (χ4n) is 3.78. The minimum absolute atomic E-state index is 0.260. The number of hydrogen-bond acceptors (Lipinski definition) is 9. The number of ether oxygens (including phenoxy) is 3. The minimum Gasteiger partial charge on any atom is -0.494 e. The van der Waals surface area contributed by atoms with E-state index in [1.54, 1.807) is 19.2 Å². The fourth-order valence-corrected chi connectivity index (χ4v) is 4.80. The van der Waals surface area contributed by atoms with E-state index >= 15 is 0 Å². The molecular formula is C28H35ClN6O4P+. The number of rotatable bonds is 14. The number of para-hydroxylation sites is 1. The first-order valence-corrected chi connectivity index (χ1v) is 14.7. The summed E-state index contributed by atoms with van der Waals surface area (Å²) in [5.74, 6) is 1.14. The quantitative estimate of drug-likeness (QED) is 0.180. The summed E-state index contributed by atoms with van der Waals surface area (Å²) in [6, 6.07) is 11.2. The molecule has 40 heavy (non-hydrogen) atoms. The lowest BCUT2D eigenvalue weighted by atomic mass is 10.2. The van der Waals surface area contributed by atoms with Gasteiger partial charge in [0.2, 0.25) is 11.9 Å². The van der Waals surface area contributed by atoms with Crippen molar-refractivity contribution in [3.8, 4) is 11.5 Å². The number of halogens is 1. The van der Waals surface area contributed by atoms with Gasteiger partial charge in [0, 0.05) is 19.7 Å². The van der Waals surface area contributed by atoms with Crippen molar-refractivity contribution in [2.24, 2.45) is 0 Å². The van der Waals surface area contributed by atoms with Gasteiger partial charge in [0.15, 0.2) is 11.1 Å². The molecule has 3 N–H and O–H groups in total. The Morgan fingerprint density at radius 3 is 2.55 bits per heavy atom. The summed E-state index contributed by atoms with van der Waals surface area (Å²) < 4.78 is 17.2. The Kier molecular flexibility index (Phi) is 11.3. The van der Waals surface area contributed by atoms with Crippen LogP contribution in [0, 0.1) is 0 Å². The highest BCUT2D eigenvalue weighted by atomic mass is 35.5. The molecule has 0 spiro atoms. The number of benzene rings is 2. The van der Waals surface area contributed by atoms with Crippen molar-refractivity contribution in [1.29, 1.82) is 0 Å². The number of nitrogens with one attached hydrogen (secondary N) is 3. The Labute approximate surface area is 241 Å². The fraction of sp³-hybridized carbons (Fsp3) is 0.286. The minimum atomic E-state index is -0.601. The molecule has 0 aliphatic carbocycles. The van der Waals surface area contributed by atoms with Crippen LogP contribution in [-0.2, 0) is 9.53 Å². The molecule has 0 aliphatic heterocycles. The van der Waals surface area contributed by atoms with E-state index in [4.69, 9.17) is 25.8 Å². The average Bonchev–Trinajstić information content (AvgIpc) is 2.91. The molecule has 2 atom stereocenters. The zero-order chi connectivity index (χ0) is 29.2. The van der Waals surface area contributed by atoms with Crippen LogP contribution in [0.3, 0.4) is 0 Å². The van der Waals surface area contributed by atoms with Crippen LogP contribution >= 0.6 is 19.1 Å². The molecule has 0 bridgehead atoms. The van der Waals surface area contributed by atoms with Crippen molar-refractivity contribution in [3.05, 3.63) is 60.3 Å². The second kappa shape index (κ2) is 14.6. The molecule has 0 fully saturated rings. The Balaban J connectivity index is 1.98. The van der Waals surface area contributed by atoms with Crippen molar-refractivity contribution in [2.75, 3.05) is 64.1 Å². The van der Waals surface area contributed by atoms with E-state index in [0.29, 0.717) is 46.9 Å². The van der Waals surface area contributed by atoms with Gasteiger partial charge in [0.05, 0.1) is 43.3 Å². The summed E-state index contributed by atoms with van der Waals surface area (Å²) in [5, 5.41) is 10.7. The molecule has 212 valence electrons. The second-order valence-electron chi connectivity index (χ2n) is 9.05. The van der Waals surface area contributed by atoms with Gasteiger partial charge in [-0.2, -0.15) is 4.98 Å². The van der Waals surface area contributed by atoms with Crippen LogP contribution in [0.25, 0.3) is 0 Å². The number of carbonyl (C=O) groups excluding carboxylic acids is 1. The van der Waals surface area contributed by atoms with Crippen molar-refractivity contribution in [2.45, 2.75) is 6.10 Å². The maximum Gasteiger partial charge on any atom is 0.247 e. The topological polar surface area (TPSA) is 110 Å². The molecule has 0 saturated carbocycles. The third-order valence-electron chi connectivity index (χ3n) is 5.52. The van der Waals surface area contributed by atoms with Gasteiger partial charge < -0.3 is 35.1 Å². The van der Waals surface area contributed by atoms with E-state index in [2.05, 4.69) is 45.5 Å². The predicted molar refractivity (Wildman–Crippen MR) is 166 cm³/mol. The van der Waals surface area contributed by atoms with Gasteiger partial charge in [-0.15, -0.1) is 0 Å². The summed E-state index contributed by atoms with van der Waals surface area (Å²) in [4.78, 5) is 23.2. The highest BCUT2D eigenvalue weighted by molar-refractivity contribution is 7.63. The van der Waals surface area contributed by atoms with Gasteiger partial charge in [-0.3, -0.25) is 4.79 Å². The number of anilines is 5. The van der Waals surface area contributed by atoms with E-state index in [-0.39, 0.29) is 12.1 Å². The molecular weight excluding hydrogens is 551 g/mol. The van der Waals surface area contributed by atoms with Crippen molar-refractivity contribution >= 4 is 65.5 Å². The van der Waals surface area contributed by atoms with E-state index in [0.717, 1.165) is 11.0 Å². The number of hydrogen-bond donors (Lipinski definition) is 3. The Morgan fingerprint density at radius 2 is 1.90 bits per heavy atom. The van der Waals surface area contributed by atoms with Crippen LogP contribution in [0.15, 0.2) is 55.3 Å². The normalized spacial score (nSPS) is 11.9. The van der Waals surface area contributed by atoms with Crippen LogP contribution in [0.4, 0.5) is 28.8 Å². The number of nitrogens with zero attached hydrogens (tertiary/aromatic N) is 3. The highest BCUT2D eigenvalue weighted by Gasteiger charge is 2.20. The van der Waals surface area contributed by atoms with Crippen molar-refractivity contribution in [1.82, 2.24) is 14.9 Å². The molecule has 0 saturated heterocycles. The molecule has 1 aromatic heterocycles. The largest absolute Gasteiger partial charge is 0.494 e. The maximum atomic E-state index is 12.3. The number of amides is 1. The van der Waals surface area contributed by atoms with Crippen LogP contribution in [0.2, 0.25) is 5.02 Å². The SMILES string of the molecule is C=CC(=O)Nc1cc(Nc2ncc(Cl)c(Nc3ccccc3[P+](=C)C)n2)c(OC)cc1O[C@@H](COC)CN(C)C. The third kappa shape index (κ3) is 8.40. The van der Waals surface area contributed by atoms with Gasteiger partial charge in [-0.05, 0) is 38.4 Å². The van der Waals surface area contributed by atoms with Crippen LogP contribution in [0.1, 0.15) is 0 Å². The van der Waals surface area contributed by atoms with Gasteiger partial charge in [0.25, 0.3) is 0 Å². The van der Waals surface area contributed by atoms with E-state index in [9.17, 15) is 4.79 Å². The average molecular weight is 586 g/mol. The molecule has 1 heterocycles. The maximum absolute atomic E-state index is 12.3. The second-order valence-corrected chi connectivity index (χ2v) is 11.3. The molecule has 2 aromatic carbocycles. The first-order valence-electron chi connectivity index (χ1n) is 12.3. The molecule has 3 aromatic rings. The summed E-state index contributed by atoms with van der Waals surface area (Å²) in [6.07, 6.45) is 6.56. The summed E-state index contributed by atoms with van der Waals surface area (Å²) in [5.41, 5.74) is 1.77. The molecule has 1 amide bonds. The molecule has 0 aliphatic rings. The predicted octanol–water partition coefficient (Wildman–Crippen LogP) is 4.87. The standard InChI is InChI=1S/C28H34ClN6O4P/c1-8-26(36)31-22-13-21(23(38-5)14-24(22)39-18(17-37-4)16-35(2)3)33-28-30-15-19(29)27(34-28)32-20-11-9-10-12-25(20)40(6)7/h8-15,18H,1,6,16-17H2,2-5,7H3,(H2-,30,31,32,33,34,36)/p+1/t18-/m1/s1. The van der Waals surface area contributed by atoms with Crippen LogP contribution < -0.4 is 30.7 Å². The van der Waals surface area contributed by atoms with E-state index in [1.165, 1.54) is 19.4 Å². The monoisotopic (exact) mass is 585 g/mol. The molecule has 10 nitrogen and oxygen atoms in total. The number of carbonyl (C=O) groups is 1. The third-order valence-corrected chi connectivity index (χ3v) is 7.01. The first kappa shape index (κ1) is 30.8. The Hall–Kier alpha value is -3.69. The smallest absolute Gasteiger partial charge is 0.247 e. The van der Waals surface area contributed by atoms with Gasteiger partial charge in [-0.25, -0.2) is 4.98 Å². The zero-order valence-corrected chi connectivity index (χ0v) is 25.0. The summed E-state index contributed by atoms with van der Waals surface area (Å²) >= 11 is 6.43. The summed E-state index contributed by atoms with van der Waals surface area (Å²) in [6.45, 7) is 6.56. The number of likely N-dealkylation sites (N-methyl/N-ethyl adjacent to an activating group) is 1. The molecule has 3 rings (SSSR count). The van der Waals surface area contributed by atoms with Crippen LogP contribution in [-0.4, -0.2) is 81.3 Å². The zero-order valence-electron chi connectivity index (χ0n) is 23.3. The van der Waals surface area contributed by atoms with Gasteiger partial charge in [-0.1, -0.05) is 30.3 Å². The highest BCUT2D eigenvalue weighted by Crippen LogP contribution is 2.38. The lowest BCUT2D eigenvalue weighted by Gasteiger charge is -2.24.